The number of hydrogen-bond acceptors (Lipinski definition) is 5. The van der Waals surface area contributed by atoms with Gasteiger partial charge in [0.05, 0.1) is 18.3 Å². The molecule has 2 rings (SSSR count). The summed E-state index contributed by atoms with van der Waals surface area (Å²) in [6.45, 7) is 13.9. The van der Waals surface area contributed by atoms with Crippen LogP contribution < -0.4 is 14.8 Å². The number of nitrogens with one attached hydrogen (secondary N) is 1. The topological polar surface area (TPSA) is 54.0 Å². The third kappa shape index (κ3) is 5.10. The number of hydrogen-bond donors (Lipinski definition) is 2. The van der Waals surface area contributed by atoms with Crippen molar-refractivity contribution in [2.75, 3.05) is 26.2 Å². The summed E-state index contributed by atoms with van der Waals surface area (Å²) in [4.78, 5) is 2.32. The number of ether oxygens (including phenoxy) is 2. The molecular weight excluding hydrogens is 304 g/mol. The van der Waals surface area contributed by atoms with Gasteiger partial charge in [0.2, 0.25) is 0 Å². The summed E-state index contributed by atoms with van der Waals surface area (Å²) >= 11 is 0. The minimum atomic E-state index is -0.618. The first-order chi connectivity index (χ1) is 11.4. The quantitative estimate of drug-likeness (QED) is 0.801. The van der Waals surface area contributed by atoms with Crippen molar-refractivity contribution in [2.24, 2.45) is 0 Å². The van der Waals surface area contributed by atoms with Gasteiger partial charge in [0.25, 0.3) is 0 Å². The van der Waals surface area contributed by atoms with Gasteiger partial charge >= 0.3 is 0 Å². The molecule has 2 unspecified atom stereocenters. The summed E-state index contributed by atoms with van der Waals surface area (Å²) in [7, 11) is 0. The molecule has 0 aromatic heterocycles. The third-order valence-electron chi connectivity index (χ3n) is 4.22. The van der Waals surface area contributed by atoms with E-state index in [0.717, 1.165) is 43.2 Å². The van der Waals surface area contributed by atoms with Gasteiger partial charge in [-0.2, -0.15) is 0 Å². The number of piperazine rings is 1. The van der Waals surface area contributed by atoms with Crippen LogP contribution in [-0.4, -0.2) is 54.4 Å². The molecule has 0 bridgehead atoms. The van der Waals surface area contributed by atoms with Crippen LogP contribution in [-0.2, 0) is 0 Å². The average Bonchev–Trinajstić information content (AvgIpc) is 2.55. The highest BCUT2D eigenvalue weighted by Gasteiger charge is 2.27. The lowest BCUT2D eigenvalue weighted by Gasteiger charge is -2.36. The standard InChI is InChI=1S/C19H32N2O3/c1-13(2)23-16-6-7-18(24-14(3)4)17(12-16)19(22)15(5)21-10-8-20-9-11-21/h6-7,12-15,19-20,22H,8-11H2,1-5H3. The first-order valence-electron chi connectivity index (χ1n) is 8.98. The molecule has 0 amide bonds. The third-order valence-corrected chi connectivity index (χ3v) is 4.22. The van der Waals surface area contributed by atoms with Gasteiger partial charge in [0.1, 0.15) is 11.5 Å². The van der Waals surface area contributed by atoms with E-state index in [1.807, 2.05) is 45.9 Å². The van der Waals surface area contributed by atoms with Gasteiger partial charge < -0.3 is 19.9 Å². The molecule has 1 fully saturated rings. The van der Waals surface area contributed by atoms with Crippen LogP contribution in [0, 0.1) is 0 Å². The first kappa shape index (κ1) is 19.0. The molecule has 0 radical (unpaired) electrons. The molecule has 2 N–H and O–H groups in total. The highest BCUT2D eigenvalue weighted by atomic mass is 16.5. The number of nitrogens with zero attached hydrogens (tertiary/aromatic N) is 1. The second kappa shape index (κ2) is 8.70. The van der Waals surface area contributed by atoms with Crippen molar-refractivity contribution in [1.29, 1.82) is 0 Å². The van der Waals surface area contributed by atoms with Crippen molar-refractivity contribution in [2.45, 2.75) is 59.0 Å². The molecule has 1 aliphatic rings. The largest absolute Gasteiger partial charge is 0.491 e. The van der Waals surface area contributed by atoms with Gasteiger partial charge in [0, 0.05) is 37.8 Å². The van der Waals surface area contributed by atoms with Crippen LogP contribution in [0.15, 0.2) is 18.2 Å². The fourth-order valence-corrected chi connectivity index (χ4v) is 3.01. The van der Waals surface area contributed by atoms with Crippen LogP contribution in [0.3, 0.4) is 0 Å². The van der Waals surface area contributed by atoms with Crippen LogP contribution in [0.2, 0.25) is 0 Å². The lowest BCUT2D eigenvalue weighted by Crippen LogP contribution is -2.49. The summed E-state index contributed by atoms with van der Waals surface area (Å²) in [5.74, 6) is 1.50. The zero-order valence-corrected chi connectivity index (χ0v) is 15.6. The number of aliphatic hydroxyl groups is 1. The molecule has 1 aromatic rings. The Bertz CT molecular complexity index is 513. The monoisotopic (exact) mass is 336 g/mol. The van der Waals surface area contributed by atoms with E-state index in [9.17, 15) is 5.11 Å². The lowest BCUT2D eigenvalue weighted by molar-refractivity contribution is 0.0481. The van der Waals surface area contributed by atoms with Gasteiger partial charge in [0.15, 0.2) is 0 Å². The fraction of sp³-hybridized carbons (Fsp3) is 0.684. The van der Waals surface area contributed by atoms with Gasteiger partial charge in [-0.15, -0.1) is 0 Å². The lowest BCUT2D eigenvalue weighted by atomic mass is 10.00. The Kier molecular flexibility index (Phi) is 6.90. The Labute approximate surface area is 146 Å². The van der Waals surface area contributed by atoms with E-state index < -0.39 is 6.10 Å². The van der Waals surface area contributed by atoms with Crippen LogP contribution in [0.4, 0.5) is 0 Å². The van der Waals surface area contributed by atoms with E-state index in [2.05, 4.69) is 17.1 Å². The maximum atomic E-state index is 11.0. The Morgan fingerprint density at radius 2 is 1.62 bits per heavy atom. The van der Waals surface area contributed by atoms with Crippen molar-refractivity contribution < 1.29 is 14.6 Å². The predicted molar refractivity (Wildman–Crippen MR) is 96.8 cm³/mol. The van der Waals surface area contributed by atoms with Gasteiger partial charge in [-0.3, -0.25) is 4.90 Å². The van der Waals surface area contributed by atoms with Crippen LogP contribution in [0.25, 0.3) is 0 Å². The molecule has 1 aromatic carbocycles. The molecule has 0 aliphatic carbocycles. The van der Waals surface area contributed by atoms with E-state index in [4.69, 9.17) is 9.47 Å². The van der Waals surface area contributed by atoms with Gasteiger partial charge in [-0.1, -0.05) is 0 Å². The number of aliphatic hydroxyl groups excluding tert-OH is 1. The van der Waals surface area contributed by atoms with E-state index in [1.165, 1.54) is 0 Å². The fourth-order valence-electron chi connectivity index (χ4n) is 3.01. The second-order valence-corrected chi connectivity index (χ2v) is 7.00. The molecular formula is C19H32N2O3. The molecule has 1 heterocycles. The summed E-state index contributed by atoms with van der Waals surface area (Å²) < 4.78 is 11.7. The molecule has 5 nitrogen and oxygen atoms in total. The molecule has 136 valence electrons. The SMILES string of the molecule is CC(C)Oc1ccc(OC(C)C)c(C(O)C(C)N2CCNCC2)c1. The number of rotatable bonds is 7. The van der Waals surface area contributed by atoms with Gasteiger partial charge in [-0.25, -0.2) is 0 Å². The van der Waals surface area contributed by atoms with E-state index in [1.54, 1.807) is 0 Å². The second-order valence-electron chi connectivity index (χ2n) is 7.00. The molecule has 2 atom stereocenters. The minimum Gasteiger partial charge on any atom is -0.491 e. The normalized spacial score (nSPS) is 18.7. The smallest absolute Gasteiger partial charge is 0.125 e. The molecule has 1 saturated heterocycles. The van der Waals surface area contributed by atoms with Crippen molar-refractivity contribution in [3.8, 4) is 11.5 Å². The summed E-state index contributed by atoms with van der Waals surface area (Å²) in [6, 6.07) is 5.75. The van der Waals surface area contributed by atoms with Crippen molar-refractivity contribution in [3.05, 3.63) is 23.8 Å². The highest BCUT2D eigenvalue weighted by Crippen LogP contribution is 2.33. The summed E-state index contributed by atoms with van der Waals surface area (Å²) in [5.41, 5.74) is 0.799. The zero-order valence-electron chi connectivity index (χ0n) is 15.6. The molecule has 24 heavy (non-hydrogen) atoms. The Hall–Kier alpha value is -1.30. The Morgan fingerprint density at radius 3 is 2.21 bits per heavy atom. The maximum absolute atomic E-state index is 11.0. The van der Waals surface area contributed by atoms with Crippen molar-refractivity contribution in [3.63, 3.8) is 0 Å². The van der Waals surface area contributed by atoms with Gasteiger partial charge in [-0.05, 0) is 52.8 Å². The zero-order chi connectivity index (χ0) is 17.7. The predicted octanol–water partition coefficient (Wildman–Crippen LogP) is 2.59. The van der Waals surface area contributed by atoms with Crippen LogP contribution >= 0.6 is 0 Å². The van der Waals surface area contributed by atoms with Crippen molar-refractivity contribution in [1.82, 2.24) is 10.2 Å². The van der Waals surface area contributed by atoms with Crippen LogP contribution in [0.1, 0.15) is 46.3 Å². The molecule has 0 saturated carbocycles. The minimum absolute atomic E-state index is 0.0240. The average molecular weight is 336 g/mol. The molecule has 1 aliphatic heterocycles. The van der Waals surface area contributed by atoms with Crippen molar-refractivity contribution >= 4 is 0 Å². The maximum Gasteiger partial charge on any atom is 0.125 e. The van der Waals surface area contributed by atoms with Crippen LogP contribution in [0.5, 0.6) is 11.5 Å². The Morgan fingerprint density at radius 1 is 1.00 bits per heavy atom. The number of benzene rings is 1. The Balaban J connectivity index is 2.25. The van der Waals surface area contributed by atoms with E-state index in [0.29, 0.717) is 0 Å². The van der Waals surface area contributed by atoms with E-state index in [-0.39, 0.29) is 18.2 Å². The summed E-state index contributed by atoms with van der Waals surface area (Å²) in [5, 5.41) is 14.3. The molecule has 5 heteroatoms. The first-order valence-corrected chi connectivity index (χ1v) is 8.98. The highest BCUT2D eigenvalue weighted by molar-refractivity contribution is 5.42. The molecule has 0 spiro atoms. The van der Waals surface area contributed by atoms with E-state index >= 15 is 0 Å². The summed E-state index contributed by atoms with van der Waals surface area (Å²) in [6.07, 6.45) is -0.465.